The van der Waals surface area contributed by atoms with Gasteiger partial charge in [-0.05, 0) is 12.1 Å². The third-order valence-corrected chi connectivity index (χ3v) is 4.81. The molecule has 4 rings (SSSR count). The van der Waals surface area contributed by atoms with Crippen molar-refractivity contribution in [3.8, 4) is 11.4 Å². The Morgan fingerprint density at radius 1 is 1.04 bits per heavy atom. The number of fused-ring (bicyclic) bond motifs is 1. The number of aromatic nitrogens is 5. The van der Waals surface area contributed by atoms with Gasteiger partial charge in [0.25, 0.3) is 0 Å². The molecule has 0 bridgehead atoms. The third-order valence-electron chi connectivity index (χ3n) is 3.84. The number of H-pyrrole nitrogens is 1. The van der Waals surface area contributed by atoms with Crippen LogP contribution in [0, 0.1) is 0 Å². The molecule has 0 unspecified atom stereocenters. The number of aromatic amines is 1. The van der Waals surface area contributed by atoms with Crippen LogP contribution in [-0.4, -0.2) is 24.7 Å². The average molecular weight is 347 g/mol. The summed E-state index contributed by atoms with van der Waals surface area (Å²) in [4.78, 5) is 7.96. The van der Waals surface area contributed by atoms with Gasteiger partial charge in [0.1, 0.15) is 5.82 Å². The molecule has 5 nitrogen and oxygen atoms in total. The number of nitrogens with zero attached hydrogens (tertiary/aromatic N) is 4. The first-order chi connectivity index (χ1) is 12.3. The van der Waals surface area contributed by atoms with E-state index in [0.717, 1.165) is 33.4 Å². The maximum atomic E-state index is 4.61. The summed E-state index contributed by atoms with van der Waals surface area (Å²) in [5.74, 6) is 2.49. The number of nitrogens with one attached hydrogen (secondary N) is 1. The second kappa shape index (κ2) is 6.94. The largest absolute Gasteiger partial charge is 0.341 e. The zero-order valence-corrected chi connectivity index (χ0v) is 14.4. The molecule has 0 fully saturated rings. The van der Waals surface area contributed by atoms with Crippen LogP contribution in [0.5, 0.6) is 0 Å². The molecule has 0 spiro atoms. The molecule has 0 saturated carbocycles. The lowest BCUT2D eigenvalue weighted by Gasteiger charge is -2.07. The first kappa shape index (κ1) is 15.7. The van der Waals surface area contributed by atoms with Crippen LogP contribution in [-0.2, 0) is 12.3 Å². The SMILES string of the molecule is C=CCn1c(SCc2nc3ccccc3[nH]2)nnc1-c1ccccc1. The molecule has 0 aliphatic rings. The summed E-state index contributed by atoms with van der Waals surface area (Å²) in [7, 11) is 0. The lowest BCUT2D eigenvalue weighted by Crippen LogP contribution is -2.00. The third kappa shape index (κ3) is 3.21. The Bertz CT molecular complexity index is 970. The maximum Gasteiger partial charge on any atom is 0.192 e. The van der Waals surface area contributed by atoms with E-state index in [4.69, 9.17) is 0 Å². The van der Waals surface area contributed by atoms with Gasteiger partial charge in [-0.1, -0.05) is 60.3 Å². The van der Waals surface area contributed by atoms with Crippen LogP contribution in [0.25, 0.3) is 22.4 Å². The monoisotopic (exact) mass is 347 g/mol. The van der Waals surface area contributed by atoms with Gasteiger partial charge < -0.3 is 4.98 Å². The van der Waals surface area contributed by atoms with Crippen LogP contribution < -0.4 is 0 Å². The molecule has 2 heterocycles. The standard InChI is InChI=1S/C19H17N5S/c1-2-12-24-18(14-8-4-3-5-9-14)22-23-19(24)25-13-17-20-15-10-6-7-11-16(15)21-17/h2-11H,1,12-13H2,(H,20,21). The van der Waals surface area contributed by atoms with Crippen molar-refractivity contribution in [1.82, 2.24) is 24.7 Å². The van der Waals surface area contributed by atoms with E-state index in [9.17, 15) is 0 Å². The highest BCUT2D eigenvalue weighted by atomic mass is 32.2. The average Bonchev–Trinajstić information content (AvgIpc) is 3.24. The molecule has 1 N–H and O–H groups in total. The predicted octanol–water partition coefficient (Wildman–Crippen LogP) is 4.30. The van der Waals surface area contributed by atoms with Crippen LogP contribution >= 0.6 is 11.8 Å². The van der Waals surface area contributed by atoms with E-state index in [0.29, 0.717) is 12.3 Å². The van der Waals surface area contributed by atoms with Crippen molar-refractivity contribution in [2.75, 3.05) is 0 Å². The van der Waals surface area contributed by atoms with Crippen LogP contribution in [0.3, 0.4) is 0 Å². The minimum absolute atomic E-state index is 0.666. The molecule has 0 aliphatic carbocycles. The van der Waals surface area contributed by atoms with Crippen molar-refractivity contribution in [3.63, 3.8) is 0 Å². The number of imidazole rings is 1. The smallest absolute Gasteiger partial charge is 0.192 e. The summed E-state index contributed by atoms with van der Waals surface area (Å²) < 4.78 is 2.08. The van der Waals surface area contributed by atoms with E-state index in [1.54, 1.807) is 11.8 Å². The Morgan fingerprint density at radius 3 is 2.64 bits per heavy atom. The molecular formula is C19H17N5S. The van der Waals surface area contributed by atoms with Crippen molar-refractivity contribution >= 4 is 22.8 Å². The summed E-state index contributed by atoms with van der Waals surface area (Å²) in [6.07, 6.45) is 1.86. The summed E-state index contributed by atoms with van der Waals surface area (Å²) >= 11 is 1.62. The minimum Gasteiger partial charge on any atom is -0.341 e. The fourth-order valence-electron chi connectivity index (χ4n) is 2.70. The first-order valence-corrected chi connectivity index (χ1v) is 8.99. The van der Waals surface area contributed by atoms with Gasteiger partial charge in [0.15, 0.2) is 11.0 Å². The van der Waals surface area contributed by atoms with E-state index in [-0.39, 0.29) is 0 Å². The second-order valence-electron chi connectivity index (χ2n) is 5.56. The zero-order chi connectivity index (χ0) is 17.1. The Kier molecular flexibility index (Phi) is 4.35. The first-order valence-electron chi connectivity index (χ1n) is 8.01. The lowest BCUT2D eigenvalue weighted by molar-refractivity contribution is 0.731. The number of thioether (sulfide) groups is 1. The van der Waals surface area contributed by atoms with E-state index >= 15 is 0 Å². The van der Waals surface area contributed by atoms with Gasteiger partial charge in [-0.3, -0.25) is 4.57 Å². The van der Waals surface area contributed by atoms with Gasteiger partial charge in [0.05, 0.1) is 16.8 Å². The van der Waals surface area contributed by atoms with Gasteiger partial charge in [-0.15, -0.1) is 16.8 Å². The Morgan fingerprint density at radius 2 is 1.84 bits per heavy atom. The van der Waals surface area contributed by atoms with Crippen LogP contribution in [0.1, 0.15) is 5.82 Å². The molecule has 4 aromatic rings. The van der Waals surface area contributed by atoms with Crippen molar-refractivity contribution in [3.05, 3.63) is 73.1 Å². The van der Waals surface area contributed by atoms with Gasteiger partial charge in [0.2, 0.25) is 0 Å². The molecule has 2 aromatic heterocycles. The van der Waals surface area contributed by atoms with Gasteiger partial charge in [-0.2, -0.15) is 0 Å². The molecule has 0 amide bonds. The topological polar surface area (TPSA) is 59.4 Å². The molecule has 0 atom stereocenters. The Labute approximate surface area is 149 Å². The van der Waals surface area contributed by atoms with Gasteiger partial charge >= 0.3 is 0 Å². The number of allylic oxidation sites excluding steroid dienone is 1. The molecule has 124 valence electrons. The summed E-state index contributed by atoms with van der Waals surface area (Å²) in [6.45, 7) is 4.52. The molecule has 0 saturated heterocycles. The van der Waals surface area contributed by atoms with Crippen molar-refractivity contribution < 1.29 is 0 Å². The van der Waals surface area contributed by atoms with Gasteiger partial charge in [-0.25, -0.2) is 4.98 Å². The summed E-state index contributed by atoms with van der Waals surface area (Å²) in [5.41, 5.74) is 3.08. The quantitative estimate of drug-likeness (QED) is 0.417. The molecular weight excluding hydrogens is 330 g/mol. The van der Waals surface area contributed by atoms with E-state index in [2.05, 4.69) is 31.3 Å². The molecule has 25 heavy (non-hydrogen) atoms. The van der Waals surface area contributed by atoms with Crippen molar-refractivity contribution in [2.45, 2.75) is 17.5 Å². The Balaban J connectivity index is 1.59. The number of hydrogen-bond donors (Lipinski definition) is 1. The highest BCUT2D eigenvalue weighted by molar-refractivity contribution is 7.98. The number of para-hydroxylation sites is 2. The second-order valence-corrected chi connectivity index (χ2v) is 6.50. The minimum atomic E-state index is 0.666. The maximum absolute atomic E-state index is 4.61. The van der Waals surface area contributed by atoms with E-state index in [1.165, 1.54) is 0 Å². The molecule has 2 aromatic carbocycles. The molecule has 6 heteroatoms. The summed E-state index contributed by atoms with van der Waals surface area (Å²) in [6, 6.07) is 18.1. The predicted molar refractivity (Wildman–Crippen MR) is 101 cm³/mol. The number of benzene rings is 2. The van der Waals surface area contributed by atoms with Crippen molar-refractivity contribution in [1.29, 1.82) is 0 Å². The molecule has 0 aliphatic heterocycles. The van der Waals surface area contributed by atoms with E-state index < -0.39 is 0 Å². The van der Waals surface area contributed by atoms with Gasteiger partial charge in [0, 0.05) is 12.1 Å². The fraction of sp³-hybridized carbons (Fsp3) is 0.105. The lowest BCUT2D eigenvalue weighted by atomic mass is 10.2. The van der Waals surface area contributed by atoms with Crippen molar-refractivity contribution in [2.24, 2.45) is 0 Å². The van der Waals surface area contributed by atoms with Crippen LogP contribution in [0.4, 0.5) is 0 Å². The number of hydrogen-bond acceptors (Lipinski definition) is 4. The normalized spacial score (nSPS) is 11.0. The van der Waals surface area contributed by atoms with Crippen LogP contribution in [0.2, 0.25) is 0 Å². The summed E-state index contributed by atoms with van der Waals surface area (Å²) in [5, 5.41) is 9.60. The van der Waals surface area contributed by atoms with E-state index in [1.807, 2.05) is 60.7 Å². The fourth-order valence-corrected chi connectivity index (χ4v) is 3.51. The highest BCUT2D eigenvalue weighted by Crippen LogP contribution is 2.26. The number of rotatable bonds is 6. The molecule has 0 radical (unpaired) electrons. The Hall–Kier alpha value is -2.86. The zero-order valence-electron chi connectivity index (χ0n) is 13.6. The van der Waals surface area contributed by atoms with Crippen LogP contribution in [0.15, 0.2) is 72.4 Å². The highest BCUT2D eigenvalue weighted by Gasteiger charge is 2.14.